The first-order chi connectivity index (χ1) is 6.54. The highest BCUT2D eigenvalue weighted by Gasteiger charge is 2.10. The largest absolute Gasteiger partial charge is 0.309 e. The monoisotopic (exact) mass is 273 g/mol. The number of hydrogen-bond donors (Lipinski definition) is 1. The Morgan fingerprint density at radius 2 is 2.21 bits per heavy atom. The van der Waals surface area contributed by atoms with Crippen molar-refractivity contribution in [3.8, 4) is 0 Å². The topological polar surface area (TPSA) is 12.0 Å². The summed E-state index contributed by atoms with van der Waals surface area (Å²) in [6.45, 7) is 6.37. The molecule has 0 aromatic carbocycles. The summed E-state index contributed by atoms with van der Waals surface area (Å²) in [4.78, 5) is 1.36. The van der Waals surface area contributed by atoms with Gasteiger partial charge in [0.1, 0.15) is 0 Å². The first-order valence-corrected chi connectivity index (χ1v) is 6.23. The Morgan fingerprint density at radius 1 is 1.57 bits per heavy atom. The molecule has 1 nitrogen and oxygen atoms in total. The maximum atomic E-state index is 3.55. The first kappa shape index (κ1) is 12.0. The predicted molar refractivity (Wildman–Crippen MR) is 68.0 cm³/mol. The minimum absolute atomic E-state index is 0.343. The van der Waals surface area contributed by atoms with Crippen molar-refractivity contribution < 1.29 is 0 Å². The van der Waals surface area contributed by atoms with E-state index in [1.54, 1.807) is 11.3 Å². The van der Waals surface area contributed by atoms with E-state index in [0.29, 0.717) is 6.04 Å². The normalized spacial score (nSPS) is 12.6. The molecule has 0 aliphatic heterocycles. The Balaban J connectivity index is 2.95. The molecule has 1 aromatic heterocycles. The van der Waals surface area contributed by atoms with Gasteiger partial charge in [-0.25, -0.2) is 0 Å². The minimum atomic E-state index is 0.343. The van der Waals surface area contributed by atoms with Crippen molar-refractivity contribution in [1.29, 1.82) is 0 Å². The van der Waals surface area contributed by atoms with Crippen LogP contribution >= 0.6 is 27.3 Å². The van der Waals surface area contributed by atoms with E-state index in [1.807, 2.05) is 7.05 Å². The smallest absolute Gasteiger partial charge is 0.0731 e. The van der Waals surface area contributed by atoms with Crippen molar-refractivity contribution in [1.82, 2.24) is 5.32 Å². The van der Waals surface area contributed by atoms with Crippen LogP contribution in [0.3, 0.4) is 0 Å². The van der Waals surface area contributed by atoms with Crippen LogP contribution in [0.1, 0.15) is 30.3 Å². The predicted octanol–water partition coefficient (Wildman–Crippen LogP) is 4.05. The summed E-state index contributed by atoms with van der Waals surface area (Å²) in [5.41, 5.74) is 2.65. The lowest BCUT2D eigenvalue weighted by Gasteiger charge is -2.09. The lowest BCUT2D eigenvalue weighted by atomic mass is 10.1. The van der Waals surface area contributed by atoms with Crippen LogP contribution in [0.4, 0.5) is 0 Å². The van der Waals surface area contributed by atoms with Gasteiger partial charge in [-0.1, -0.05) is 11.6 Å². The van der Waals surface area contributed by atoms with Crippen LogP contribution < -0.4 is 5.32 Å². The molecule has 0 aliphatic rings. The van der Waals surface area contributed by atoms with Crippen molar-refractivity contribution >= 4 is 27.3 Å². The van der Waals surface area contributed by atoms with Crippen molar-refractivity contribution in [2.45, 2.75) is 26.8 Å². The molecular weight excluding hydrogens is 258 g/mol. The lowest BCUT2D eigenvalue weighted by Crippen LogP contribution is -2.12. The maximum absolute atomic E-state index is 3.55. The van der Waals surface area contributed by atoms with Crippen LogP contribution in [0, 0.1) is 6.92 Å². The third-order valence-corrected chi connectivity index (χ3v) is 4.21. The molecule has 0 aliphatic carbocycles. The Bertz CT molecular complexity index is 318. The average molecular weight is 274 g/mol. The number of nitrogens with one attached hydrogen (secondary N) is 1. The highest BCUT2D eigenvalue weighted by atomic mass is 79.9. The first-order valence-electron chi connectivity index (χ1n) is 4.62. The SMILES string of the molecule is CNC(C=C(C)C)c1cc(C)c(Br)s1. The van der Waals surface area contributed by atoms with Gasteiger partial charge < -0.3 is 5.32 Å². The number of allylic oxidation sites excluding steroid dienone is 1. The van der Waals surface area contributed by atoms with Crippen LogP contribution in [-0.2, 0) is 0 Å². The van der Waals surface area contributed by atoms with Crippen molar-refractivity contribution in [2.75, 3.05) is 7.05 Å². The number of rotatable bonds is 3. The second-order valence-electron chi connectivity index (χ2n) is 3.62. The number of hydrogen-bond acceptors (Lipinski definition) is 2. The molecule has 0 amide bonds. The number of halogens is 1. The van der Waals surface area contributed by atoms with Gasteiger partial charge >= 0.3 is 0 Å². The molecule has 0 fully saturated rings. The second kappa shape index (κ2) is 5.10. The fraction of sp³-hybridized carbons (Fsp3) is 0.455. The fourth-order valence-electron chi connectivity index (χ4n) is 1.28. The van der Waals surface area contributed by atoms with Crippen LogP contribution in [0.2, 0.25) is 0 Å². The molecule has 1 atom stereocenters. The van der Waals surface area contributed by atoms with Gasteiger partial charge in [0.15, 0.2) is 0 Å². The second-order valence-corrected chi connectivity index (χ2v) is 6.02. The quantitative estimate of drug-likeness (QED) is 0.820. The molecule has 0 saturated heterocycles. The highest BCUT2D eigenvalue weighted by Crippen LogP contribution is 2.32. The Labute approximate surface area is 98.4 Å². The van der Waals surface area contributed by atoms with E-state index in [1.165, 1.54) is 19.8 Å². The molecule has 0 saturated carbocycles. The maximum Gasteiger partial charge on any atom is 0.0731 e. The average Bonchev–Trinajstić information content (AvgIpc) is 2.42. The van der Waals surface area contributed by atoms with Crippen molar-refractivity contribution in [3.63, 3.8) is 0 Å². The summed E-state index contributed by atoms with van der Waals surface area (Å²) in [6.07, 6.45) is 2.25. The van der Waals surface area contributed by atoms with Gasteiger partial charge in [0.2, 0.25) is 0 Å². The molecule has 1 unspecified atom stereocenters. The molecule has 0 spiro atoms. The Hall–Kier alpha value is -0.120. The fourth-order valence-corrected chi connectivity index (χ4v) is 2.93. The molecule has 1 N–H and O–H groups in total. The van der Waals surface area contributed by atoms with E-state index in [2.05, 4.69) is 54.2 Å². The summed E-state index contributed by atoms with van der Waals surface area (Å²) in [5, 5.41) is 3.30. The summed E-state index contributed by atoms with van der Waals surface area (Å²) < 4.78 is 1.23. The minimum Gasteiger partial charge on any atom is -0.309 e. The van der Waals surface area contributed by atoms with Gasteiger partial charge in [0.25, 0.3) is 0 Å². The Kier molecular flexibility index (Phi) is 4.35. The molecule has 14 heavy (non-hydrogen) atoms. The molecule has 0 radical (unpaired) electrons. The van der Waals surface area contributed by atoms with E-state index in [4.69, 9.17) is 0 Å². The lowest BCUT2D eigenvalue weighted by molar-refractivity contribution is 0.722. The van der Waals surface area contributed by atoms with Gasteiger partial charge in [0.05, 0.1) is 9.83 Å². The van der Waals surface area contributed by atoms with E-state index in [-0.39, 0.29) is 0 Å². The van der Waals surface area contributed by atoms with Gasteiger partial charge in [0, 0.05) is 4.88 Å². The van der Waals surface area contributed by atoms with E-state index < -0.39 is 0 Å². The molecule has 3 heteroatoms. The third kappa shape index (κ3) is 2.94. The van der Waals surface area contributed by atoms with Crippen LogP contribution in [-0.4, -0.2) is 7.05 Å². The summed E-state index contributed by atoms with van der Waals surface area (Å²) >= 11 is 5.35. The zero-order valence-corrected chi connectivity index (χ0v) is 11.4. The third-order valence-electron chi connectivity index (χ3n) is 1.99. The molecule has 1 rings (SSSR count). The van der Waals surface area contributed by atoms with Crippen LogP contribution in [0.25, 0.3) is 0 Å². The number of likely N-dealkylation sites (N-methyl/N-ethyl adjacent to an activating group) is 1. The summed E-state index contributed by atoms with van der Waals surface area (Å²) in [5.74, 6) is 0. The number of thiophene rings is 1. The van der Waals surface area contributed by atoms with Gasteiger partial charge in [-0.3, -0.25) is 0 Å². The molecule has 78 valence electrons. The van der Waals surface area contributed by atoms with Gasteiger partial charge in [-0.05, 0) is 55.4 Å². The standard InChI is InChI=1S/C11H16BrNS/c1-7(2)5-9(13-4)10-6-8(3)11(12)14-10/h5-6,9,13H,1-4H3. The molecule has 0 bridgehead atoms. The zero-order chi connectivity index (χ0) is 10.7. The van der Waals surface area contributed by atoms with E-state index in [9.17, 15) is 0 Å². The van der Waals surface area contributed by atoms with Gasteiger partial charge in [-0.15, -0.1) is 11.3 Å². The highest BCUT2D eigenvalue weighted by molar-refractivity contribution is 9.11. The van der Waals surface area contributed by atoms with E-state index >= 15 is 0 Å². The zero-order valence-electron chi connectivity index (χ0n) is 9.02. The van der Waals surface area contributed by atoms with Crippen molar-refractivity contribution in [3.05, 3.63) is 31.9 Å². The van der Waals surface area contributed by atoms with E-state index in [0.717, 1.165) is 0 Å². The van der Waals surface area contributed by atoms with Crippen LogP contribution in [0.15, 0.2) is 21.5 Å². The molecular formula is C11H16BrNS. The van der Waals surface area contributed by atoms with Crippen LogP contribution in [0.5, 0.6) is 0 Å². The number of aryl methyl sites for hydroxylation is 1. The summed E-state index contributed by atoms with van der Waals surface area (Å²) in [7, 11) is 1.99. The van der Waals surface area contributed by atoms with Gasteiger partial charge in [-0.2, -0.15) is 0 Å². The van der Waals surface area contributed by atoms with Crippen molar-refractivity contribution in [2.24, 2.45) is 0 Å². The Morgan fingerprint density at radius 3 is 2.57 bits per heavy atom. The molecule has 1 heterocycles. The molecule has 1 aromatic rings. The summed E-state index contributed by atoms with van der Waals surface area (Å²) in [6, 6.07) is 2.57.